The Balaban J connectivity index is 1.81. The van der Waals surface area contributed by atoms with Crippen LogP contribution in [0.1, 0.15) is 39.2 Å². The molecule has 1 aliphatic rings. The quantitative estimate of drug-likeness (QED) is 0.819. The average Bonchev–Trinajstić information content (AvgIpc) is 2.99. The highest BCUT2D eigenvalue weighted by atomic mass is 15.3. The van der Waals surface area contributed by atoms with Crippen molar-refractivity contribution in [3.05, 3.63) is 18.0 Å². The van der Waals surface area contributed by atoms with Gasteiger partial charge in [0.15, 0.2) is 0 Å². The van der Waals surface area contributed by atoms with Crippen LogP contribution in [0.2, 0.25) is 0 Å². The van der Waals surface area contributed by atoms with E-state index in [4.69, 9.17) is 0 Å². The van der Waals surface area contributed by atoms with E-state index in [9.17, 15) is 0 Å². The molecule has 0 aliphatic carbocycles. The number of nitrogens with one attached hydrogen (secondary N) is 1. The van der Waals surface area contributed by atoms with Gasteiger partial charge in [-0.2, -0.15) is 5.10 Å². The molecule has 108 valence electrons. The fraction of sp³-hybridized carbons (Fsp3) is 0.800. The van der Waals surface area contributed by atoms with Gasteiger partial charge in [-0.05, 0) is 38.8 Å². The molecule has 1 aliphatic heterocycles. The fourth-order valence-electron chi connectivity index (χ4n) is 2.77. The Morgan fingerprint density at radius 2 is 2.32 bits per heavy atom. The van der Waals surface area contributed by atoms with Gasteiger partial charge in [0.2, 0.25) is 0 Å². The van der Waals surface area contributed by atoms with E-state index in [0.29, 0.717) is 6.04 Å². The van der Waals surface area contributed by atoms with Crippen molar-refractivity contribution in [1.29, 1.82) is 0 Å². The Morgan fingerprint density at radius 3 is 3.00 bits per heavy atom. The van der Waals surface area contributed by atoms with E-state index < -0.39 is 0 Å². The summed E-state index contributed by atoms with van der Waals surface area (Å²) in [4.78, 5) is 2.60. The van der Waals surface area contributed by atoms with Gasteiger partial charge < -0.3 is 5.32 Å². The summed E-state index contributed by atoms with van der Waals surface area (Å²) in [5.41, 5.74) is 1.35. The molecule has 19 heavy (non-hydrogen) atoms. The molecule has 0 radical (unpaired) electrons. The third-order valence-corrected chi connectivity index (χ3v) is 3.83. The van der Waals surface area contributed by atoms with E-state index in [1.165, 1.54) is 24.9 Å². The summed E-state index contributed by atoms with van der Waals surface area (Å²) in [6.07, 6.45) is 6.85. The Bertz CT molecular complexity index is 372. The Kier molecular flexibility index (Phi) is 5.40. The predicted molar refractivity (Wildman–Crippen MR) is 79.0 cm³/mol. The van der Waals surface area contributed by atoms with E-state index in [1.54, 1.807) is 0 Å². The van der Waals surface area contributed by atoms with Gasteiger partial charge in [0.25, 0.3) is 0 Å². The third-order valence-electron chi connectivity index (χ3n) is 3.83. The molecule has 4 heteroatoms. The molecule has 2 heterocycles. The van der Waals surface area contributed by atoms with Gasteiger partial charge in [-0.25, -0.2) is 0 Å². The molecule has 1 atom stereocenters. The molecule has 4 nitrogen and oxygen atoms in total. The number of likely N-dealkylation sites (tertiary alicyclic amines) is 1. The molecular formula is C15H28N4. The maximum Gasteiger partial charge on any atom is 0.0534 e. The van der Waals surface area contributed by atoms with Crippen LogP contribution in [-0.4, -0.2) is 40.4 Å². The van der Waals surface area contributed by atoms with Crippen LogP contribution < -0.4 is 5.32 Å². The molecule has 1 fully saturated rings. The molecule has 0 saturated carbocycles. The van der Waals surface area contributed by atoms with Gasteiger partial charge in [0.1, 0.15) is 0 Å². The standard InChI is InChI=1S/C15H28N4/c1-4-19-12-14(9-17-19)11-18-7-5-6-15(18)10-16-8-13(2)3/h9,12-13,15-16H,4-8,10-11H2,1-3H3. The number of rotatable bonds is 7. The van der Waals surface area contributed by atoms with E-state index in [-0.39, 0.29) is 0 Å². The van der Waals surface area contributed by atoms with Gasteiger partial charge >= 0.3 is 0 Å². The first-order valence-corrected chi connectivity index (χ1v) is 7.65. The smallest absolute Gasteiger partial charge is 0.0534 e. The van der Waals surface area contributed by atoms with Crippen molar-refractivity contribution >= 4 is 0 Å². The molecule has 1 aromatic heterocycles. The topological polar surface area (TPSA) is 33.1 Å². The molecule has 1 N–H and O–H groups in total. The lowest BCUT2D eigenvalue weighted by Crippen LogP contribution is -2.38. The SMILES string of the molecule is CCn1cc(CN2CCCC2CNCC(C)C)cn1. The van der Waals surface area contributed by atoms with Crippen LogP contribution in [0, 0.1) is 5.92 Å². The third kappa shape index (κ3) is 4.32. The Hall–Kier alpha value is -0.870. The van der Waals surface area contributed by atoms with Gasteiger partial charge in [-0.1, -0.05) is 13.8 Å². The van der Waals surface area contributed by atoms with Gasteiger partial charge in [0, 0.05) is 37.4 Å². The molecular weight excluding hydrogens is 236 g/mol. The minimum absolute atomic E-state index is 0.698. The first kappa shape index (κ1) is 14.5. The summed E-state index contributed by atoms with van der Waals surface area (Å²) in [5.74, 6) is 0.734. The lowest BCUT2D eigenvalue weighted by molar-refractivity contribution is 0.237. The highest BCUT2D eigenvalue weighted by Crippen LogP contribution is 2.19. The summed E-state index contributed by atoms with van der Waals surface area (Å²) in [6.45, 7) is 12.1. The first-order valence-electron chi connectivity index (χ1n) is 7.65. The van der Waals surface area contributed by atoms with Crippen LogP contribution in [0.25, 0.3) is 0 Å². The van der Waals surface area contributed by atoms with Crippen molar-refractivity contribution in [1.82, 2.24) is 20.0 Å². The van der Waals surface area contributed by atoms with Gasteiger partial charge in [-0.15, -0.1) is 0 Å². The van der Waals surface area contributed by atoms with Crippen molar-refractivity contribution in [2.24, 2.45) is 5.92 Å². The second-order valence-electron chi connectivity index (χ2n) is 6.02. The monoisotopic (exact) mass is 264 g/mol. The lowest BCUT2D eigenvalue weighted by atomic mass is 10.2. The number of aromatic nitrogens is 2. The largest absolute Gasteiger partial charge is 0.315 e. The summed E-state index contributed by atoms with van der Waals surface area (Å²) < 4.78 is 2.01. The van der Waals surface area contributed by atoms with Crippen LogP contribution in [0.5, 0.6) is 0 Å². The predicted octanol–water partition coefficient (Wildman–Crippen LogP) is 2.11. The molecule has 1 unspecified atom stereocenters. The van der Waals surface area contributed by atoms with Crippen molar-refractivity contribution in [2.75, 3.05) is 19.6 Å². The summed E-state index contributed by atoms with van der Waals surface area (Å²) in [6, 6.07) is 0.698. The zero-order valence-electron chi connectivity index (χ0n) is 12.6. The van der Waals surface area contributed by atoms with E-state index in [0.717, 1.165) is 32.1 Å². The van der Waals surface area contributed by atoms with E-state index >= 15 is 0 Å². The number of aryl methyl sites for hydroxylation is 1. The molecule has 1 saturated heterocycles. The van der Waals surface area contributed by atoms with Crippen LogP contribution in [0.3, 0.4) is 0 Å². The van der Waals surface area contributed by atoms with E-state index in [1.807, 2.05) is 10.9 Å². The maximum atomic E-state index is 4.36. The minimum atomic E-state index is 0.698. The van der Waals surface area contributed by atoms with Crippen LogP contribution in [0.15, 0.2) is 12.4 Å². The van der Waals surface area contributed by atoms with Crippen molar-refractivity contribution < 1.29 is 0 Å². The van der Waals surface area contributed by atoms with Crippen molar-refractivity contribution in [3.63, 3.8) is 0 Å². The zero-order valence-corrected chi connectivity index (χ0v) is 12.6. The molecule has 2 rings (SSSR count). The summed E-state index contributed by atoms with van der Waals surface area (Å²) in [5, 5.41) is 7.96. The molecule has 0 bridgehead atoms. The Labute approximate surface area is 117 Å². The minimum Gasteiger partial charge on any atom is -0.315 e. The first-order chi connectivity index (χ1) is 9.19. The maximum absolute atomic E-state index is 4.36. The van der Waals surface area contributed by atoms with Crippen LogP contribution >= 0.6 is 0 Å². The van der Waals surface area contributed by atoms with Crippen LogP contribution in [-0.2, 0) is 13.1 Å². The van der Waals surface area contributed by atoms with Crippen molar-refractivity contribution in [2.45, 2.75) is 52.7 Å². The van der Waals surface area contributed by atoms with E-state index in [2.05, 4.69) is 42.3 Å². The average molecular weight is 264 g/mol. The van der Waals surface area contributed by atoms with Gasteiger partial charge in [-0.3, -0.25) is 9.58 Å². The second-order valence-corrected chi connectivity index (χ2v) is 6.02. The number of hydrogen-bond donors (Lipinski definition) is 1. The Morgan fingerprint density at radius 1 is 1.47 bits per heavy atom. The highest BCUT2D eigenvalue weighted by Gasteiger charge is 2.24. The number of hydrogen-bond acceptors (Lipinski definition) is 3. The fourth-order valence-corrected chi connectivity index (χ4v) is 2.77. The second kappa shape index (κ2) is 7.06. The summed E-state index contributed by atoms with van der Waals surface area (Å²) in [7, 11) is 0. The van der Waals surface area contributed by atoms with Gasteiger partial charge in [0.05, 0.1) is 6.20 Å². The summed E-state index contributed by atoms with van der Waals surface area (Å²) >= 11 is 0. The zero-order chi connectivity index (χ0) is 13.7. The number of nitrogens with zero attached hydrogens (tertiary/aromatic N) is 3. The molecule has 1 aromatic rings. The molecule has 0 spiro atoms. The lowest BCUT2D eigenvalue weighted by Gasteiger charge is -2.24. The van der Waals surface area contributed by atoms with Crippen LogP contribution in [0.4, 0.5) is 0 Å². The highest BCUT2D eigenvalue weighted by molar-refractivity contribution is 5.04. The van der Waals surface area contributed by atoms with Crippen molar-refractivity contribution in [3.8, 4) is 0 Å². The normalized spacial score (nSPS) is 20.5. The molecule has 0 aromatic carbocycles. The molecule has 0 amide bonds.